The first kappa shape index (κ1) is 16.5. The molecule has 0 aliphatic heterocycles. The number of nitrogens with two attached hydrogens (primary N) is 1. The van der Waals surface area contributed by atoms with Gasteiger partial charge in [0, 0.05) is 17.5 Å². The molecule has 126 valence electrons. The summed E-state index contributed by atoms with van der Waals surface area (Å²) in [6.07, 6.45) is 10.4. The lowest BCUT2D eigenvalue weighted by atomic mass is 9.96. The first-order valence-corrected chi connectivity index (χ1v) is 9.25. The SMILES string of the molecule is CC(Cc1ccc(C2(N)CC2)cc1)C(=O)NC1CCCCCC1. The Morgan fingerprint density at radius 3 is 2.35 bits per heavy atom. The van der Waals surface area contributed by atoms with Crippen LogP contribution in [0.4, 0.5) is 0 Å². The van der Waals surface area contributed by atoms with Gasteiger partial charge in [-0.1, -0.05) is 56.9 Å². The fourth-order valence-electron chi connectivity index (χ4n) is 3.61. The average Bonchev–Trinajstić information content (AvgIpc) is 3.33. The number of carbonyl (C=O) groups excluding carboxylic acids is 1. The van der Waals surface area contributed by atoms with Crippen molar-refractivity contribution < 1.29 is 4.79 Å². The molecule has 23 heavy (non-hydrogen) atoms. The van der Waals surface area contributed by atoms with E-state index in [0.29, 0.717) is 6.04 Å². The van der Waals surface area contributed by atoms with Gasteiger partial charge in [-0.3, -0.25) is 4.79 Å². The largest absolute Gasteiger partial charge is 0.353 e. The third-order valence-corrected chi connectivity index (χ3v) is 5.51. The van der Waals surface area contributed by atoms with Crippen LogP contribution >= 0.6 is 0 Å². The Hall–Kier alpha value is -1.35. The van der Waals surface area contributed by atoms with Gasteiger partial charge in [-0.05, 0) is 43.2 Å². The summed E-state index contributed by atoms with van der Waals surface area (Å²) in [6.45, 7) is 2.03. The predicted molar refractivity (Wildman–Crippen MR) is 94.0 cm³/mol. The highest BCUT2D eigenvalue weighted by atomic mass is 16.1. The van der Waals surface area contributed by atoms with Crippen molar-refractivity contribution >= 4 is 5.91 Å². The first-order valence-electron chi connectivity index (χ1n) is 9.25. The highest BCUT2D eigenvalue weighted by molar-refractivity contribution is 5.78. The zero-order chi connectivity index (χ0) is 16.3. The number of hydrogen-bond acceptors (Lipinski definition) is 2. The molecule has 0 aromatic heterocycles. The van der Waals surface area contributed by atoms with Crippen molar-refractivity contribution in [2.24, 2.45) is 11.7 Å². The van der Waals surface area contributed by atoms with Gasteiger partial charge in [0.1, 0.15) is 0 Å². The number of nitrogens with one attached hydrogen (secondary N) is 1. The van der Waals surface area contributed by atoms with Crippen molar-refractivity contribution in [2.45, 2.75) is 76.3 Å². The molecule has 0 spiro atoms. The van der Waals surface area contributed by atoms with Gasteiger partial charge in [0.25, 0.3) is 0 Å². The summed E-state index contributed by atoms with van der Waals surface area (Å²) in [5.74, 6) is 0.232. The quantitative estimate of drug-likeness (QED) is 0.815. The van der Waals surface area contributed by atoms with E-state index in [1.165, 1.54) is 36.8 Å². The highest BCUT2D eigenvalue weighted by Crippen LogP contribution is 2.42. The zero-order valence-corrected chi connectivity index (χ0v) is 14.3. The molecule has 1 atom stereocenters. The van der Waals surface area contributed by atoms with Crippen LogP contribution < -0.4 is 11.1 Å². The van der Waals surface area contributed by atoms with E-state index in [4.69, 9.17) is 5.73 Å². The lowest BCUT2D eigenvalue weighted by Crippen LogP contribution is -2.38. The number of hydrogen-bond donors (Lipinski definition) is 2. The maximum absolute atomic E-state index is 12.4. The third kappa shape index (κ3) is 4.35. The lowest BCUT2D eigenvalue weighted by molar-refractivity contribution is -0.125. The molecule has 3 heteroatoms. The molecule has 3 N–H and O–H groups in total. The Kier molecular flexibility index (Phi) is 5.05. The molecule has 0 radical (unpaired) electrons. The second-order valence-electron chi connectivity index (χ2n) is 7.66. The Morgan fingerprint density at radius 1 is 1.17 bits per heavy atom. The minimum absolute atomic E-state index is 0.0249. The molecule has 1 amide bonds. The van der Waals surface area contributed by atoms with E-state index in [2.05, 4.69) is 29.6 Å². The molecule has 0 bridgehead atoms. The fourth-order valence-corrected chi connectivity index (χ4v) is 3.61. The van der Waals surface area contributed by atoms with Crippen LogP contribution in [0.3, 0.4) is 0 Å². The predicted octanol–water partition coefficient (Wildman–Crippen LogP) is 3.65. The van der Waals surface area contributed by atoms with E-state index >= 15 is 0 Å². The second kappa shape index (κ2) is 7.04. The van der Waals surface area contributed by atoms with Gasteiger partial charge in [-0.2, -0.15) is 0 Å². The van der Waals surface area contributed by atoms with E-state index in [0.717, 1.165) is 32.1 Å². The van der Waals surface area contributed by atoms with Crippen LogP contribution in [0.5, 0.6) is 0 Å². The maximum Gasteiger partial charge on any atom is 0.223 e. The van der Waals surface area contributed by atoms with Crippen molar-refractivity contribution in [1.29, 1.82) is 0 Å². The van der Waals surface area contributed by atoms with Crippen LogP contribution in [0.15, 0.2) is 24.3 Å². The van der Waals surface area contributed by atoms with E-state index in [1.807, 2.05) is 6.92 Å². The molecule has 2 saturated carbocycles. The minimum Gasteiger partial charge on any atom is -0.353 e. The molecule has 2 aliphatic carbocycles. The molecular weight excluding hydrogens is 284 g/mol. The number of carbonyl (C=O) groups is 1. The number of benzene rings is 1. The minimum atomic E-state index is -0.0684. The van der Waals surface area contributed by atoms with Crippen molar-refractivity contribution in [3.05, 3.63) is 35.4 Å². The van der Waals surface area contributed by atoms with E-state index in [9.17, 15) is 4.79 Å². The molecule has 3 rings (SSSR count). The molecule has 2 fully saturated rings. The Morgan fingerprint density at radius 2 is 1.78 bits per heavy atom. The van der Waals surface area contributed by atoms with E-state index in [1.54, 1.807) is 0 Å². The molecule has 3 nitrogen and oxygen atoms in total. The standard InChI is InChI=1S/C20H30N2O/c1-15(19(23)22-18-6-4-2-3-5-7-18)14-16-8-10-17(11-9-16)20(21)12-13-20/h8-11,15,18H,2-7,12-14,21H2,1H3,(H,22,23). The topological polar surface area (TPSA) is 55.1 Å². The normalized spacial score (nSPS) is 22.2. The zero-order valence-electron chi connectivity index (χ0n) is 14.3. The lowest BCUT2D eigenvalue weighted by Gasteiger charge is -2.19. The van der Waals surface area contributed by atoms with E-state index in [-0.39, 0.29) is 17.4 Å². The second-order valence-corrected chi connectivity index (χ2v) is 7.66. The van der Waals surface area contributed by atoms with Gasteiger partial charge in [0.15, 0.2) is 0 Å². The number of amides is 1. The van der Waals surface area contributed by atoms with Gasteiger partial charge in [-0.25, -0.2) is 0 Å². The van der Waals surface area contributed by atoms with Gasteiger partial charge < -0.3 is 11.1 Å². The third-order valence-electron chi connectivity index (χ3n) is 5.51. The van der Waals surface area contributed by atoms with Crippen LogP contribution in [0, 0.1) is 5.92 Å². The maximum atomic E-state index is 12.4. The van der Waals surface area contributed by atoms with Crippen molar-refractivity contribution in [3.63, 3.8) is 0 Å². The monoisotopic (exact) mass is 314 g/mol. The highest BCUT2D eigenvalue weighted by Gasteiger charge is 2.39. The molecule has 0 heterocycles. The smallest absolute Gasteiger partial charge is 0.223 e. The van der Waals surface area contributed by atoms with Crippen LogP contribution in [-0.4, -0.2) is 11.9 Å². The molecule has 2 aliphatic rings. The molecular formula is C20H30N2O. The van der Waals surface area contributed by atoms with Crippen LogP contribution in [0.2, 0.25) is 0 Å². The van der Waals surface area contributed by atoms with Crippen molar-refractivity contribution in [2.75, 3.05) is 0 Å². The van der Waals surface area contributed by atoms with Gasteiger partial charge in [-0.15, -0.1) is 0 Å². The van der Waals surface area contributed by atoms with Gasteiger partial charge >= 0.3 is 0 Å². The van der Waals surface area contributed by atoms with Gasteiger partial charge in [0.2, 0.25) is 5.91 Å². The molecule has 1 aromatic carbocycles. The Labute approximate surface area is 140 Å². The average molecular weight is 314 g/mol. The summed E-state index contributed by atoms with van der Waals surface area (Å²) < 4.78 is 0. The van der Waals surface area contributed by atoms with Gasteiger partial charge in [0.05, 0.1) is 0 Å². The molecule has 0 saturated heterocycles. The summed E-state index contributed by atoms with van der Waals surface area (Å²) in [4.78, 5) is 12.4. The van der Waals surface area contributed by atoms with Crippen LogP contribution in [0.25, 0.3) is 0 Å². The molecule has 1 aromatic rings. The van der Waals surface area contributed by atoms with Crippen LogP contribution in [0.1, 0.15) is 69.4 Å². The summed E-state index contributed by atoms with van der Waals surface area (Å²) >= 11 is 0. The Bertz CT molecular complexity index is 525. The fraction of sp³-hybridized carbons (Fsp3) is 0.650. The van der Waals surface area contributed by atoms with Crippen molar-refractivity contribution in [3.8, 4) is 0 Å². The summed E-state index contributed by atoms with van der Waals surface area (Å²) in [5.41, 5.74) is 8.61. The first-order chi connectivity index (χ1) is 11.1. The number of rotatable bonds is 5. The van der Waals surface area contributed by atoms with Crippen molar-refractivity contribution in [1.82, 2.24) is 5.32 Å². The van der Waals surface area contributed by atoms with E-state index < -0.39 is 0 Å². The Balaban J connectivity index is 1.51. The summed E-state index contributed by atoms with van der Waals surface area (Å²) in [5, 5.41) is 3.27. The molecule has 1 unspecified atom stereocenters. The van der Waals surface area contributed by atoms with Crippen LogP contribution in [-0.2, 0) is 16.8 Å². The summed E-state index contributed by atoms with van der Waals surface area (Å²) in [6, 6.07) is 8.94. The summed E-state index contributed by atoms with van der Waals surface area (Å²) in [7, 11) is 0.